The molecule has 0 fully saturated rings. The predicted molar refractivity (Wildman–Crippen MR) is 128 cm³/mol. The molecule has 6 atom stereocenters. The SMILES string of the molecule is CC(O)C(NC(=O)C(CCCCN)NC(=O)C(NC(=O)C(N)CCCN=C(N)N)C(C)O)C(=O)O. The first kappa shape index (κ1) is 32.0. The number of unbranched alkanes of at least 4 members (excludes halogenated alkanes) is 1. The fourth-order valence-corrected chi connectivity index (χ4v) is 2.98. The number of aliphatic carboxylic acids is 1. The Balaban J connectivity index is 5.32. The van der Waals surface area contributed by atoms with Gasteiger partial charge in [-0.05, 0) is 52.5 Å². The van der Waals surface area contributed by atoms with Crippen LogP contribution in [0, 0.1) is 0 Å². The number of nitrogens with one attached hydrogen (secondary N) is 3. The van der Waals surface area contributed by atoms with Crippen LogP contribution in [0.3, 0.4) is 0 Å². The van der Waals surface area contributed by atoms with Gasteiger partial charge in [0, 0.05) is 6.54 Å². The third-order valence-corrected chi connectivity index (χ3v) is 4.99. The maximum absolute atomic E-state index is 12.8. The summed E-state index contributed by atoms with van der Waals surface area (Å²) in [4.78, 5) is 53.0. The molecule has 0 aromatic rings. The molecule has 0 rings (SSSR count). The zero-order valence-corrected chi connectivity index (χ0v) is 20.1. The first-order valence-electron chi connectivity index (χ1n) is 11.3. The van der Waals surface area contributed by atoms with Gasteiger partial charge in [-0.1, -0.05) is 0 Å². The number of amides is 3. The molecule has 0 heterocycles. The number of aliphatic imine (C=N–C) groups is 1. The molecule has 202 valence electrons. The molecular formula is C20H40N8O7. The number of rotatable bonds is 17. The van der Waals surface area contributed by atoms with Crippen LogP contribution in [0.4, 0.5) is 0 Å². The quantitative estimate of drug-likeness (QED) is 0.0514. The molecule has 0 aliphatic heterocycles. The van der Waals surface area contributed by atoms with Gasteiger partial charge in [-0.3, -0.25) is 19.4 Å². The lowest BCUT2D eigenvalue weighted by Crippen LogP contribution is -2.60. The Kier molecular flexibility index (Phi) is 15.2. The van der Waals surface area contributed by atoms with Crippen molar-refractivity contribution in [3.63, 3.8) is 0 Å². The van der Waals surface area contributed by atoms with E-state index < -0.39 is 60.1 Å². The third-order valence-electron chi connectivity index (χ3n) is 4.99. The number of nitrogens with two attached hydrogens (primary N) is 4. The number of hydrogen-bond acceptors (Lipinski definition) is 9. The van der Waals surface area contributed by atoms with Crippen molar-refractivity contribution in [3.05, 3.63) is 0 Å². The van der Waals surface area contributed by atoms with Crippen molar-refractivity contribution in [2.45, 2.75) is 82.3 Å². The van der Waals surface area contributed by atoms with Crippen LogP contribution >= 0.6 is 0 Å². The molecule has 3 amide bonds. The molecule has 0 saturated carbocycles. The first-order valence-corrected chi connectivity index (χ1v) is 11.3. The van der Waals surface area contributed by atoms with Gasteiger partial charge in [0.15, 0.2) is 12.0 Å². The van der Waals surface area contributed by atoms with E-state index in [1.165, 1.54) is 13.8 Å². The first-order chi connectivity index (χ1) is 16.3. The molecule has 0 aliphatic rings. The smallest absolute Gasteiger partial charge is 0.328 e. The van der Waals surface area contributed by atoms with Crippen LogP contribution in [-0.2, 0) is 19.2 Å². The zero-order chi connectivity index (χ0) is 27.1. The molecule has 0 aromatic carbocycles. The lowest BCUT2D eigenvalue weighted by atomic mass is 10.0. The van der Waals surface area contributed by atoms with Gasteiger partial charge >= 0.3 is 5.97 Å². The molecule has 0 bridgehead atoms. The average molecular weight is 505 g/mol. The molecule has 0 saturated heterocycles. The van der Waals surface area contributed by atoms with Crippen LogP contribution in [0.15, 0.2) is 4.99 Å². The van der Waals surface area contributed by atoms with E-state index in [9.17, 15) is 34.5 Å². The minimum absolute atomic E-state index is 0.0953. The molecule has 6 unspecified atom stereocenters. The summed E-state index contributed by atoms with van der Waals surface area (Å²) in [6.07, 6.45) is -1.07. The van der Waals surface area contributed by atoms with Gasteiger partial charge in [-0.2, -0.15) is 0 Å². The molecule has 15 heteroatoms. The third kappa shape index (κ3) is 12.9. The molecule has 15 nitrogen and oxygen atoms in total. The maximum atomic E-state index is 12.8. The largest absolute Gasteiger partial charge is 0.480 e. The van der Waals surface area contributed by atoms with Crippen LogP contribution in [0.25, 0.3) is 0 Å². The molecule has 0 spiro atoms. The van der Waals surface area contributed by atoms with Crippen LogP contribution in [0.1, 0.15) is 46.0 Å². The molecule has 0 aliphatic carbocycles. The number of carbonyl (C=O) groups excluding carboxylic acids is 3. The highest BCUT2D eigenvalue weighted by Crippen LogP contribution is 2.05. The minimum atomic E-state index is -1.60. The van der Waals surface area contributed by atoms with Gasteiger partial charge in [-0.25, -0.2) is 4.79 Å². The van der Waals surface area contributed by atoms with E-state index in [4.69, 9.17) is 22.9 Å². The summed E-state index contributed by atoms with van der Waals surface area (Å²) in [5, 5.41) is 35.8. The van der Waals surface area contributed by atoms with Crippen molar-refractivity contribution in [1.82, 2.24) is 16.0 Å². The van der Waals surface area contributed by atoms with Crippen molar-refractivity contribution in [1.29, 1.82) is 0 Å². The summed E-state index contributed by atoms with van der Waals surface area (Å²) in [5.41, 5.74) is 21.8. The highest BCUT2D eigenvalue weighted by Gasteiger charge is 2.33. The number of carbonyl (C=O) groups is 4. The number of aliphatic hydroxyl groups is 2. The van der Waals surface area contributed by atoms with Crippen molar-refractivity contribution >= 4 is 29.7 Å². The summed E-state index contributed by atoms with van der Waals surface area (Å²) in [5.74, 6) is -3.99. The van der Waals surface area contributed by atoms with Crippen molar-refractivity contribution < 1.29 is 34.5 Å². The molecule has 14 N–H and O–H groups in total. The zero-order valence-electron chi connectivity index (χ0n) is 20.1. The summed E-state index contributed by atoms with van der Waals surface area (Å²) in [6.45, 7) is 3.06. The van der Waals surface area contributed by atoms with E-state index in [1.54, 1.807) is 0 Å². The number of carboxylic acids is 1. The van der Waals surface area contributed by atoms with Crippen molar-refractivity contribution in [2.24, 2.45) is 27.9 Å². The fourth-order valence-electron chi connectivity index (χ4n) is 2.98. The average Bonchev–Trinajstić information content (AvgIpc) is 2.76. The highest BCUT2D eigenvalue weighted by atomic mass is 16.4. The highest BCUT2D eigenvalue weighted by molar-refractivity contribution is 5.94. The van der Waals surface area contributed by atoms with Crippen LogP contribution < -0.4 is 38.9 Å². The fraction of sp³-hybridized carbons (Fsp3) is 0.750. The molecule has 35 heavy (non-hydrogen) atoms. The Morgan fingerprint density at radius 3 is 1.89 bits per heavy atom. The standard InChI is InChI=1S/C20H40N8O7/c1-10(29)14(27-16(31)12(22)6-5-9-25-20(23)24)18(33)26-13(7-3-4-8-21)17(32)28-15(11(2)30)19(34)35/h10-15,29-30H,3-9,21-22H2,1-2H3,(H,26,33)(H,27,31)(H,28,32)(H,34,35)(H4,23,24,25). The molecule has 0 radical (unpaired) electrons. The lowest BCUT2D eigenvalue weighted by Gasteiger charge is -2.27. The van der Waals surface area contributed by atoms with Gasteiger partial charge in [-0.15, -0.1) is 0 Å². The summed E-state index contributed by atoms with van der Waals surface area (Å²) < 4.78 is 0. The van der Waals surface area contributed by atoms with E-state index in [0.717, 1.165) is 0 Å². The van der Waals surface area contributed by atoms with E-state index in [1.807, 2.05) is 0 Å². The van der Waals surface area contributed by atoms with Crippen molar-refractivity contribution in [2.75, 3.05) is 13.1 Å². The van der Waals surface area contributed by atoms with E-state index >= 15 is 0 Å². The summed E-state index contributed by atoms with van der Waals surface area (Å²) in [7, 11) is 0. The summed E-state index contributed by atoms with van der Waals surface area (Å²) in [6, 6.07) is -5.26. The normalized spacial score (nSPS) is 16.1. The Hall–Kier alpha value is -3.01. The Morgan fingerprint density at radius 2 is 1.40 bits per heavy atom. The Bertz CT molecular complexity index is 728. The lowest BCUT2D eigenvalue weighted by molar-refractivity contribution is -0.145. The van der Waals surface area contributed by atoms with Gasteiger partial charge in [0.2, 0.25) is 17.7 Å². The molecule has 0 aromatic heterocycles. The van der Waals surface area contributed by atoms with Gasteiger partial charge in [0.1, 0.15) is 12.1 Å². The summed E-state index contributed by atoms with van der Waals surface area (Å²) >= 11 is 0. The predicted octanol–water partition coefficient (Wildman–Crippen LogP) is -4.20. The van der Waals surface area contributed by atoms with Crippen molar-refractivity contribution in [3.8, 4) is 0 Å². The van der Waals surface area contributed by atoms with Crippen LogP contribution in [-0.4, -0.2) is 94.4 Å². The second kappa shape index (κ2) is 16.6. The Morgan fingerprint density at radius 1 is 0.829 bits per heavy atom. The number of aliphatic hydroxyl groups excluding tert-OH is 2. The van der Waals surface area contributed by atoms with Gasteiger partial charge in [0.25, 0.3) is 0 Å². The number of nitrogens with zero attached hydrogens (tertiary/aromatic N) is 1. The number of hydrogen-bond donors (Lipinski definition) is 10. The van der Waals surface area contributed by atoms with E-state index in [-0.39, 0.29) is 25.3 Å². The van der Waals surface area contributed by atoms with E-state index in [2.05, 4.69) is 20.9 Å². The van der Waals surface area contributed by atoms with Crippen LogP contribution in [0.5, 0.6) is 0 Å². The van der Waals surface area contributed by atoms with E-state index in [0.29, 0.717) is 25.8 Å². The Labute approximate surface area is 204 Å². The second-order valence-electron chi connectivity index (χ2n) is 8.19. The molecular weight excluding hydrogens is 464 g/mol. The van der Waals surface area contributed by atoms with Gasteiger partial charge < -0.3 is 54.2 Å². The minimum Gasteiger partial charge on any atom is -0.480 e. The maximum Gasteiger partial charge on any atom is 0.328 e. The van der Waals surface area contributed by atoms with Crippen LogP contribution in [0.2, 0.25) is 0 Å². The topological polar surface area (TPSA) is 282 Å². The second-order valence-corrected chi connectivity index (χ2v) is 8.19. The number of guanidine groups is 1. The monoisotopic (exact) mass is 504 g/mol. The number of carboxylic acid groups (broad SMARTS) is 1. The van der Waals surface area contributed by atoms with Gasteiger partial charge in [0.05, 0.1) is 18.2 Å².